The van der Waals surface area contributed by atoms with E-state index in [-0.39, 0.29) is 6.61 Å². The van der Waals surface area contributed by atoms with Crippen LogP contribution in [0.4, 0.5) is 4.79 Å². The smallest absolute Gasteiger partial charge is 0.492 e. The third kappa shape index (κ3) is 3.22. The normalized spacial score (nSPS) is 10.4. The van der Waals surface area contributed by atoms with Crippen molar-refractivity contribution in [1.29, 1.82) is 0 Å². The predicted octanol–water partition coefficient (Wildman–Crippen LogP) is 2.93. The van der Waals surface area contributed by atoms with Gasteiger partial charge in [0.2, 0.25) is 11.8 Å². The van der Waals surface area contributed by atoms with Crippen molar-refractivity contribution in [3.8, 4) is 11.8 Å². The van der Waals surface area contributed by atoms with Crippen molar-refractivity contribution in [1.82, 2.24) is 4.73 Å². The lowest BCUT2D eigenvalue weighted by molar-refractivity contribution is 0.0310. The van der Waals surface area contributed by atoms with Gasteiger partial charge in [0, 0.05) is 17.7 Å². The number of carbonyl (C=O) groups excluding carboxylic acids is 1. The van der Waals surface area contributed by atoms with E-state index in [1.807, 2.05) is 26.0 Å². The molecule has 112 valence electrons. The van der Waals surface area contributed by atoms with Crippen LogP contribution in [-0.4, -0.2) is 21.1 Å². The Hall–Kier alpha value is -2.34. The molecule has 1 aromatic heterocycles. The van der Waals surface area contributed by atoms with Crippen LogP contribution in [0.5, 0.6) is 11.8 Å². The molecule has 2 aromatic rings. The van der Waals surface area contributed by atoms with Gasteiger partial charge < -0.3 is 14.9 Å². The van der Waals surface area contributed by atoms with Crippen LogP contribution < -0.4 is 4.84 Å². The molecule has 0 aliphatic carbocycles. The Kier molecular flexibility index (Phi) is 4.28. The standard InChI is InChI=1S/C14H14ClNO5/c1-8-3-4-9(2)13(15)10(8)7-20-14(19)21-16-11(17)5-6-12(16)18/h3-6,17-18H,7H2,1-2H3. The van der Waals surface area contributed by atoms with Crippen LogP contribution in [0.25, 0.3) is 0 Å². The lowest BCUT2D eigenvalue weighted by atomic mass is 10.1. The summed E-state index contributed by atoms with van der Waals surface area (Å²) in [6.45, 7) is 3.62. The summed E-state index contributed by atoms with van der Waals surface area (Å²) in [7, 11) is 0. The zero-order valence-electron chi connectivity index (χ0n) is 11.5. The first-order chi connectivity index (χ1) is 9.90. The van der Waals surface area contributed by atoms with Gasteiger partial charge in [-0.1, -0.05) is 23.7 Å². The van der Waals surface area contributed by atoms with E-state index in [0.717, 1.165) is 11.1 Å². The summed E-state index contributed by atoms with van der Waals surface area (Å²) >= 11 is 6.16. The molecule has 0 aliphatic heterocycles. The molecule has 0 spiro atoms. The van der Waals surface area contributed by atoms with Gasteiger partial charge in [0.1, 0.15) is 6.61 Å². The fourth-order valence-electron chi connectivity index (χ4n) is 1.74. The number of ether oxygens (including phenoxy) is 1. The van der Waals surface area contributed by atoms with Crippen LogP contribution >= 0.6 is 11.6 Å². The number of aromatic nitrogens is 1. The fraction of sp³-hybridized carbons (Fsp3) is 0.214. The number of carbonyl (C=O) groups is 1. The second-order valence-electron chi connectivity index (χ2n) is 4.47. The highest BCUT2D eigenvalue weighted by atomic mass is 35.5. The number of benzene rings is 1. The maximum absolute atomic E-state index is 11.6. The summed E-state index contributed by atoms with van der Waals surface area (Å²) in [4.78, 5) is 16.2. The zero-order valence-corrected chi connectivity index (χ0v) is 12.2. The average Bonchev–Trinajstić information content (AvgIpc) is 2.75. The van der Waals surface area contributed by atoms with Gasteiger partial charge in [-0.05, 0) is 25.0 Å². The SMILES string of the molecule is Cc1ccc(C)c(COC(=O)On2c(O)ccc2O)c1Cl. The summed E-state index contributed by atoms with van der Waals surface area (Å²) in [5.74, 6) is -0.844. The van der Waals surface area contributed by atoms with E-state index in [1.54, 1.807) is 0 Å². The quantitative estimate of drug-likeness (QED) is 0.852. The molecule has 0 unspecified atom stereocenters. The molecule has 0 radical (unpaired) electrons. The van der Waals surface area contributed by atoms with Crippen LogP contribution in [0.15, 0.2) is 24.3 Å². The lowest BCUT2D eigenvalue weighted by Crippen LogP contribution is -2.20. The first kappa shape index (κ1) is 15.1. The molecule has 2 N–H and O–H groups in total. The van der Waals surface area contributed by atoms with Crippen LogP contribution in [0, 0.1) is 13.8 Å². The molecule has 1 aromatic carbocycles. The fourth-order valence-corrected chi connectivity index (χ4v) is 2.01. The minimum atomic E-state index is -1.08. The predicted molar refractivity (Wildman–Crippen MR) is 75.5 cm³/mol. The minimum Gasteiger partial charge on any atom is -0.492 e. The average molecular weight is 312 g/mol. The summed E-state index contributed by atoms with van der Waals surface area (Å²) in [5, 5.41) is 19.2. The van der Waals surface area contributed by atoms with E-state index in [2.05, 4.69) is 4.84 Å². The number of aromatic hydroxyl groups is 2. The van der Waals surface area contributed by atoms with Crippen molar-refractivity contribution in [2.75, 3.05) is 0 Å². The Bertz CT molecular complexity index is 661. The van der Waals surface area contributed by atoms with Crippen molar-refractivity contribution in [3.63, 3.8) is 0 Å². The number of halogens is 1. The number of hydrogen-bond acceptors (Lipinski definition) is 5. The van der Waals surface area contributed by atoms with Gasteiger partial charge in [0.25, 0.3) is 0 Å². The molecule has 0 saturated heterocycles. The van der Waals surface area contributed by atoms with Gasteiger partial charge in [0.05, 0.1) is 5.02 Å². The summed E-state index contributed by atoms with van der Waals surface area (Å²) in [6, 6.07) is 6.08. The number of hydrogen-bond donors (Lipinski definition) is 2. The Morgan fingerprint density at radius 1 is 1.14 bits per heavy atom. The molecule has 0 amide bonds. The molecular formula is C14H14ClNO5. The van der Waals surface area contributed by atoms with Gasteiger partial charge >= 0.3 is 6.16 Å². The Labute approximate surface area is 126 Å². The van der Waals surface area contributed by atoms with Gasteiger partial charge in [-0.15, -0.1) is 4.73 Å². The monoisotopic (exact) mass is 311 g/mol. The molecule has 0 saturated carbocycles. The molecule has 0 atom stereocenters. The highest BCUT2D eigenvalue weighted by molar-refractivity contribution is 6.32. The van der Waals surface area contributed by atoms with Gasteiger partial charge in [-0.2, -0.15) is 0 Å². The van der Waals surface area contributed by atoms with Crippen molar-refractivity contribution < 1.29 is 24.6 Å². The first-order valence-corrected chi connectivity index (χ1v) is 6.47. The first-order valence-electron chi connectivity index (χ1n) is 6.09. The topological polar surface area (TPSA) is 80.9 Å². The Morgan fingerprint density at radius 2 is 1.71 bits per heavy atom. The molecule has 1 heterocycles. The van der Waals surface area contributed by atoms with E-state index in [9.17, 15) is 15.0 Å². The molecule has 7 heteroatoms. The summed E-state index contributed by atoms with van der Waals surface area (Å²) in [5.41, 5.74) is 2.43. The Morgan fingerprint density at radius 3 is 2.33 bits per heavy atom. The molecule has 21 heavy (non-hydrogen) atoms. The van der Waals surface area contributed by atoms with Crippen molar-refractivity contribution in [3.05, 3.63) is 46.0 Å². The van der Waals surface area contributed by atoms with Crippen LogP contribution in [0.2, 0.25) is 5.02 Å². The van der Waals surface area contributed by atoms with Gasteiger partial charge in [-0.3, -0.25) is 4.84 Å². The van der Waals surface area contributed by atoms with E-state index in [0.29, 0.717) is 15.3 Å². The molecule has 6 nitrogen and oxygen atoms in total. The van der Waals surface area contributed by atoms with E-state index in [4.69, 9.17) is 16.3 Å². The molecule has 0 fully saturated rings. The van der Waals surface area contributed by atoms with Crippen LogP contribution in [-0.2, 0) is 11.3 Å². The van der Waals surface area contributed by atoms with Crippen LogP contribution in [0.1, 0.15) is 16.7 Å². The third-order valence-corrected chi connectivity index (χ3v) is 3.49. The van der Waals surface area contributed by atoms with Crippen molar-refractivity contribution in [2.45, 2.75) is 20.5 Å². The number of aryl methyl sites for hydroxylation is 2. The third-order valence-electron chi connectivity index (χ3n) is 2.97. The second kappa shape index (κ2) is 5.97. The van der Waals surface area contributed by atoms with E-state index < -0.39 is 17.9 Å². The maximum Gasteiger partial charge on any atom is 0.534 e. The van der Waals surface area contributed by atoms with Gasteiger partial charge in [-0.25, -0.2) is 4.79 Å². The second-order valence-corrected chi connectivity index (χ2v) is 4.84. The largest absolute Gasteiger partial charge is 0.534 e. The Balaban J connectivity index is 2.04. The lowest BCUT2D eigenvalue weighted by Gasteiger charge is -2.11. The number of nitrogens with zero attached hydrogens (tertiary/aromatic N) is 1. The summed E-state index contributed by atoms with van der Waals surface area (Å²) < 4.78 is 5.49. The maximum atomic E-state index is 11.6. The minimum absolute atomic E-state index is 0.0754. The van der Waals surface area contributed by atoms with Gasteiger partial charge in [0.15, 0.2) is 0 Å². The highest BCUT2D eigenvalue weighted by Gasteiger charge is 2.15. The zero-order chi connectivity index (χ0) is 15.6. The van der Waals surface area contributed by atoms with Crippen molar-refractivity contribution in [2.24, 2.45) is 0 Å². The molecular weight excluding hydrogens is 298 g/mol. The number of rotatable bonds is 3. The van der Waals surface area contributed by atoms with Crippen molar-refractivity contribution >= 4 is 17.8 Å². The summed E-state index contributed by atoms with van der Waals surface area (Å²) in [6.07, 6.45) is -1.08. The van der Waals surface area contributed by atoms with Crippen LogP contribution in [0.3, 0.4) is 0 Å². The molecule has 0 aliphatic rings. The van der Waals surface area contributed by atoms with E-state index >= 15 is 0 Å². The highest BCUT2D eigenvalue weighted by Crippen LogP contribution is 2.25. The molecule has 0 bridgehead atoms. The molecule has 2 rings (SSSR count). The van der Waals surface area contributed by atoms with E-state index in [1.165, 1.54) is 12.1 Å².